The van der Waals surface area contributed by atoms with Crippen LogP contribution in [-0.4, -0.2) is 28.2 Å². The van der Waals surface area contributed by atoms with Crippen LogP contribution in [0.4, 0.5) is 5.82 Å². The summed E-state index contributed by atoms with van der Waals surface area (Å²) in [5.74, 6) is 0.613. The van der Waals surface area contributed by atoms with Crippen LogP contribution in [0.2, 0.25) is 0 Å². The fourth-order valence-corrected chi connectivity index (χ4v) is 1.46. The van der Waals surface area contributed by atoms with Gasteiger partial charge in [-0.2, -0.15) is 5.10 Å². The number of hydrogen-bond acceptors (Lipinski definition) is 5. The van der Waals surface area contributed by atoms with Crippen LogP contribution in [0, 0.1) is 0 Å². The summed E-state index contributed by atoms with van der Waals surface area (Å²) >= 11 is 0. The maximum absolute atomic E-state index is 11.9. The molecule has 0 spiro atoms. The highest BCUT2D eigenvalue weighted by Crippen LogP contribution is 2.15. The number of anilines is 1. The number of ether oxygens (including phenoxy) is 1. The van der Waals surface area contributed by atoms with Gasteiger partial charge in [0.1, 0.15) is 11.6 Å². The molecule has 0 aromatic carbocycles. The van der Waals surface area contributed by atoms with E-state index in [2.05, 4.69) is 20.5 Å². The summed E-state index contributed by atoms with van der Waals surface area (Å²) in [4.78, 5) is 15.8. The van der Waals surface area contributed by atoms with Gasteiger partial charge in [-0.15, -0.1) is 0 Å². The lowest BCUT2D eigenvalue weighted by Gasteiger charge is -2.08. The molecule has 0 fully saturated rings. The van der Waals surface area contributed by atoms with E-state index in [-0.39, 0.29) is 5.91 Å². The highest BCUT2D eigenvalue weighted by molar-refractivity contribution is 5.96. The zero-order valence-electron chi connectivity index (χ0n) is 9.80. The summed E-state index contributed by atoms with van der Waals surface area (Å²) in [6, 6.07) is 1.59. The van der Waals surface area contributed by atoms with Gasteiger partial charge in [-0.1, -0.05) is 0 Å². The maximum atomic E-state index is 11.9. The number of amides is 1. The molecule has 0 unspecified atom stereocenters. The van der Waals surface area contributed by atoms with Gasteiger partial charge < -0.3 is 15.8 Å². The summed E-state index contributed by atoms with van der Waals surface area (Å²) in [7, 11) is 1.49. The predicted octanol–water partition coefficient (Wildman–Crippen LogP) is 0.325. The van der Waals surface area contributed by atoms with Gasteiger partial charge in [-0.05, 0) is 6.07 Å². The van der Waals surface area contributed by atoms with Crippen molar-refractivity contribution in [3.8, 4) is 5.75 Å². The molecule has 2 aromatic rings. The Hall–Kier alpha value is -2.57. The molecule has 0 aliphatic rings. The van der Waals surface area contributed by atoms with E-state index in [1.165, 1.54) is 19.5 Å². The molecular formula is C11H13N5O2. The van der Waals surface area contributed by atoms with E-state index in [0.717, 1.165) is 5.56 Å². The van der Waals surface area contributed by atoms with Gasteiger partial charge in [0.25, 0.3) is 5.91 Å². The molecule has 0 atom stereocenters. The van der Waals surface area contributed by atoms with Crippen molar-refractivity contribution in [2.24, 2.45) is 0 Å². The summed E-state index contributed by atoms with van der Waals surface area (Å²) in [6.45, 7) is 0.298. The number of H-pyrrole nitrogens is 1. The first-order valence-corrected chi connectivity index (χ1v) is 5.26. The van der Waals surface area contributed by atoms with Crippen molar-refractivity contribution in [2.45, 2.75) is 6.54 Å². The summed E-state index contributed by atoms with van der Waals surface area (Å²) in [5.41, 5.74) is 6.78. The minimum Gasteiger partial charge on any atom is -0.494 e. The van der Waals surface area contributed by atoms with Crippen molar-refractivity contribution in [1.82, 2.24) is 20.5 Å². The number of hydrogen-bond donors (Lipinski definition) is 3. The second-order valence-corrected chi connectivity index (χ2v) is 3.57. The van der Waals surface area contributed by atoms with Gasteiger partial charge in [0.2, 0.25) is 0 Å². The molecule has 2 heterocycles. The summed E-state index contributed by atoms with van der Waals surface area (Å²) in [5, 5.41) is 9.10. The number of aromatic amines is 1. The number of aromatic nitrogens is 3. The van der Waals surface area contributed by atoms with E-state index in [1.54, 1.807) is 12.3 Å². The van der Waals surface area contributed by atoms with Gasteiger partial charge >= 0.3 is 0 Å². The molecule has 4 N–H and O–H groups in total. The Kier molecular flexibility index (Phi) is 3.42. The lowest BCUT2D eigenvalue weighted by atomic mass is 10.2. The first kappa shape index (κ1) is 11.9. The fraction of sp³-hybridized carbons (Fsp3) is 0.182. The third kappa shape index (κ3) is 2.40. The molecule has 94 valence electrons. The van der Waals surface area contributed by atoms with E-state index in [9.17, 15) is 4.79 Å². The lowest BCUT2D eigenvalue weighted by Crippen LogP contribution is -2.23. The lowest BCUT2D eigenvalue weighted by molar-refractivity contribution is 0.0948. The molecule has 2 rings (SSSR count). The van der Waals surface area contributed by atoms with Crippen LogP contribution in [0.1, 0.15) is 15.9 Å². The second-order valence-electron chi connectivity index (χ2n) is 3.57. The average Bonchev–Trinajstić information content (AvgIpc) is 2.81. The first-order valence-electron chi connectivity index (χ1n) is 5.26. The van der Waals surface area contributed by atoms with Crippen molar-refractivity contribution < 1.29 is 9.53 Å². The number of nitrogens with two attached hydrogens (primary N) is 1. The minimum absolute atomic E-state index is 0.255. The van der Waals surface area contributed by atoms with Gasteiger partial charge in [0, 0.05) is 18.3 Å². The fourth-order valence-electron chi connectivity index (χ4n) is 1.46. The normalized spacial score (nSPS) is 10.1. The van der Waals surface area contributed by atoms with Gasteiger partial charge in [0.05, 0.1) is 25.1 Å². The number of rotatable bonds is 4. The molecular weight excluding hydrogens is 234 g/mol. The van der Waals surface area contributed by atoms with Crippen LogP contribution >= 0.6 is 0 Å². The summed E-state index contributed by atoms with van der Waals surface area (Å²) < 4.78 is 5.06. The zero-order chi connectivity index (χ0) is 13.0. The van der Waals surface area contributed by atoms with Crippen molar-refractivity contribution in [3.63, 3.8) is 0 Å². The highest BCUT2D eigenvalue weighted by Gasteiger charge is 2.12. The number of pyridine rings is 1. The Morgan fingerprint density at radius 3 is 3.06 bits per heavy atom. The number of nitrogens with zero attached hydrogens (tertiary/aromatic N) is 2. The van der Waals surface area contributed by atoms with Crippen LogP contribution in [-0.2, 0) is 6.54 Å². The van der Waals surface area contributed by atoms with Crippen LogP contribution in [0.25, 0.3) is 0 Å². The molecule has 0 bridgehead atoms. The zero-order valence-corrected chi connectivity index (χ0v) is 9.80. The summed E-state index contributed by atoms with van der Waals surface area (Å²) in [6.07, 6.45) is 4.59. The highest BCUT2D eigenvalue weighted by atomic mass is 16.5. The van der Waals surface area contributed by atoms with Crippen LogP contribution in [0.3, 0.4) is 0 Å². The number of nitrogen functional groups attached to an aromatic ring is 1. The molecule has 7 nitrogen and oxygen atoms in total. The Morgan fingerprint density at radius 2 is 2.39 bits per heavy atom. The standard InChI is InChI=1S/C11H13N5O2/c1-18-9-6-13-3-2-8(9)11(17)14-4-7-5-15-16-10(7)12/h2-3,5-6H,4H2,1H3,(H,14,17)(H3,12,15,16). The number of carbonyl (C=O) groups excluding carboxylic acids is 1. The molecule has 0 aliphatic carbocycles. The van der Waals surface area contributed by atoms with Crippen molar-refractivity contribution in [3.05, 3.63) is 35.8 Å². The Labute approximate surface area is 103 Å². The van der Waals surface area contributed by atoms with E-state index >= 15 is 0 Å². The molecule has 0 saturated heterocycles. The predicted molar refractivity (Wildman–Crippen MR) is 65.0 cm³/mol. The number of nitrogens with one attached hydrogen (secondary N) is 2. The SMILES string of the molecule is COc1cnccc1C(=O)NCc1cn[nH]c1N. The van der Waals surface area contributed by atoms with Crippen molar-refractivity contribution in [2.75, 3.05) is 12.8 Å². The van der Waals surface area contributed by atoms with E-state index in [1.807, 2.05) is 0 Å². The van der Waals surface area contributed by atoms with Crippen molar-refractivity contribution in [1.29, 1.82) is 0 Å². The third-order valence-corrected chi connectivity index (χ3v) is 2.44. The smallest absolute Gasteiger partial charge is 0.255 e. The molecule has 7 heteroatoms. The van der Waals surface area contributed by atoms with E-state index in [4.69, 9.17) is 10.5 Å². The topological polar surface area (TPSA) is 106 Å². The van der Waals surface area contributed by atoms with Crippen LogP contribution in [0.5, 0.6) is 5.75 Å². The monoisotopic (exact) mass is 247 g/mol. The molecule has 0 radical (unpaired) electrons. The van der Waals surface area contributed by atoms with Crippen LogP contribution in [0.15, 0.2) is 24.7 Å². The quantitative estimate of drug-likeness (QED) is 0.721. The Morgan fingerprint density at radius 1 is 1.56 bits per heavy atom. The third-order valence-electron chi connectivity index (χ3n) is 2.44. The number of methoxy groups -OCH3 is 1. The van der Waals surface area contributed by atoms with E-state index < -0.39 is 0 Å². The van der Waals surface area contributed by atoms with Gasteiger partial charge in [-0.3, -0.25) is 14.9 Å². The molecule has 0 aliphatic heterocycles. The largest absolute Gasteiger partial charge is 0.494 e. The molecule has 1 amide bonds. The second kappa shape index (κ2) is 5.17. The molecule has 18 heavy (non-hydrogen) atoms. The molecule has 0 saturated carbocycles. The minimum atomic E-state index is -0.255. The van der Waals surface area contributed by atoms with Gasteiger partial charge in [-0.25, -0.2) is 0 Å². The van der Waals surface area contributed by atoms with Crippen LogP contribution < -0.4 is 15.8 Å². The maximum Gasteiger partial charge on any atom is 0.255 e. The first-order chi connectivity index (χ1) is 8.72. The average molecular weight is 247 g/mol. The van der Waals surface area contributed by atoms with Gasteiger partial charge in [0.15, 0.2) is 0 Å². The Bertz CT molecular complexity index is 552. The number of carbonyl (C=O) groups is 1. The van der Waals surface area contributed by atoms with Crippen molar-refractivity contribution >= 4 is 11.7 Å². The molecule has 2 aromatic heterocycles. The van der Waals surface area contributed by atoms with E-state index in [0.29, 0.717) is 23.7 Å². The Balaban J connectivity index is 2.06.